The van der Waals surface area contributed by atoms with E-state index in [0.717, 1.165) is 16.8 Å². The van der Waals surface area contributed by atoms with Gasteiger partial charge in [0.1, 0.15) is 0 Å². The number of nitrogens with one attached hydrogen (secondary N) is 3. The fourth-order valence-electron chi connectivity index (χ4n) is 1.97. The Bertz CT molecular complexity index is 609. The minimum absolute atomic E-state index is 0.185. The first-order valence-electron chi connectivity index (χ1n) is 6.94. The van der Waals surface area contributed by atoms with Crippen molar-refractivity contribution in [2.45, 2.75) is 26.4 Å². The van der Waals surface area contributed by atoms with Gasteiger partial charge in [0.25, 0.3) is 0 Å². The number of thiophene rings is 1. The normalized spacial score (nSPS) is 12.0. The molecule has 1 unspecified atom stereocenters. The monoisotopic (exact) mass is 303 g/mol. The van der Waals surface area contributed by atoms with Crippen LogP contribution in [-0.2, 0) is 6.54 Å². The Hall–Kier alpha value is -1.85. The molecule has 3 N–H and O–H groups in total. The smallest absolute Gasteiger partial charge is 0.319 e. The maximum absolute atomic E-state index is 11.9. The van der Waals surface area contributed by atoms with E-state index in [-0.39, 0.29) is 12.1 Å². The van der Waals surface area contributed by atoms with E-state index in [2.05, 4.69) is 33.6 Å². The Morgan fingerprint density at radius 2 is 2.14 bits per heavy atom. The molecule has 0 bridgehead atoms. The van der Waals surface area contributed by atoms with Gasteiger partial charge >= 0.3 is 6.03 Å². The summed E-state index contributed by atoms with van der Waals surface area (Å²) in [6, 6.07) is 7.93. The molecule has 2 amide bonds. The molecule has 1 aromatic heterocycles. The molecule has 0 saturated heterocycles. The average molecular weight is 303 g/mol. The first-order valence-corrected chi connectivity index (χ1v) is 7.88. The highest BCUT2D eigenvalue weighted by molar-refractivity contribution is 7.08. The summed E-state index contributed by atoms with van der Waals surface area (Å²) >= 11 is 1.65. The van der Waals surface area contributed by atoms with Crippen LogP contribution in [0.25, 0.3) is 0 Å². The Morgan fingerprint density at radius 1 is 1.33 bits per heavy atom. The third kappa shape index (κ3) is 4.31. The first kappa shape index (κ1) is 15.5. The largest absolute Gasteiger partial charge is 0.334 e. The highest BCUT2D eigenvalue weighted by Crippen LogP contribution is 2.17. The van der Waals surface area contributed by atoms with Gasteiger partial charge in [-0.3, -0.25) is 0 Å². The second-order valence-electron chi connectivity index (χ2n) is 5.02. The highest BCUT2D eigenvalue weighted by atomic mass is 32.1. The van der Waals surface area contributed by atoms with E-state index >= 15 is 0 Å². The Labute approximate surface area is 129 Å². The molecule has 1 heterocycles. The van der Waals surface area contributed by atoms with Crippen molar-refractivity contribution in [3.05, 3.63) is 51.7 Å². The van der Waals surface area contributed by atoms with Crippen molar-refractivity contribution in [3.8, 4) is 0 Å². The van der Waals surface area contributed by atoms with Gasteiger partial charge in [-0.05, 0) is 60.5 Å². The van der Waals surface area contributed by atoms with E-state index in [4.69, 9.17) is 0 Å². The molecule has 0 aliphatic rings. The number of hydrogen-bond acceptors (Lipinski definition) is 3. The van der Waals surface area contributed by atoms with Crippen LogP contribution in [0, 0.1) is 6.92 Å². The summed E-state index contributed by atoms with van der Waals surface area (Å²) in [6.07, 6.45) is 0. The minimum Gasteiger partial charge on any atom is -0.334 e. The summed E-state index contributed by atoms with van der Waals surface area (Å²) in [6.45, 7) is 4.68. The molecule has 0 aliphatic heterocycles. The fraction of sp³-hybridized carbons (Fsp3) is 0.312. The van der Waals surface area contributed by atoms with Gasteiger partial charge in [0.2, 0.25) is 0 Å². The molecular weight excluding hydrogens is 282 g/mol. The molecule has 0 aliphatic carbocycles. The lowest BCUT2D eigenvalue weighted by atomic mass is 10.1. The zero-order valence-corrected chi connectivity index (χ0v) is 13.4. The topological polar surface area (TPSA) is 53.2 Å². The van der Waals surface area contributed by atoms with Crippen molar-refractivity contribution < 1.29 is 4.79 Å². The summed E-state index contributed by atoms with van der Waals surface area (Å²) in [5.41, 5.74) is 4.32. The maximum atomic E-state index is 11.9. The number of urea groups is 1. The van der Waals surface area contributed by atoms with Crippen LogP contribution in [0.4, 0.5) is 10.5 Å². The molecule has 1 atom stereocenters. The summed E-state index contributed by atoms with van der Waals surface area (Å²) in [7, 11) is 1.92. The molecule has 112 valence electrons. The molecule has 5 heteroatoms. The van der Waals surface area contributed by atoms with Crippen molar-refractivity contribution in [1.29, 1.82) is 0 Å². The van der Waals surface area contributed by atoms with E-state index in [1.165, 1.54) is 5.56 Å². The standard InChI is InChI=1S/C16H21N3OS/c1-11-9-21-10-14(11)8-18-16(20)19-15-6-4-5-13(7-15)12(2)17-3/h4-7,9-10,12,17H,8H2,1-3H3,(H2,18,19,20). The Balaban J connectivity index is 1.92. The van der Waals surface area contributed by atoms with Crippen LogP contribution in [0.15, 0.2) is 35.0 Å². The summed E-state index contributed by atoms with van der Waals surface area (Å²) in [4.78, 5) is 11.9. The van der Waals surface area contributed by atoms with Gasteiger partial charge in [0, 0.05) is 18.3 Å². The van der Waals surface area contributed by atoms with Gasteiger partial charge in [0.15, 0.2) is 0 Å². The molecule has 1 aromatic carbocycles. The van der Waals surface area contributed by atoms with Crippen LogP contribution in [0.5, 0.6) is 0 Å². The molecular formula is C16H21N3OS. The number of carbonyl (C=O) groups is 1. The fourth-order valence-corrected chi connectivity index (χ4v) is 2.83. The molecule has 0 spiro atoms. The molecule has 0 fully saturated rings. The number of amides is 2. The van der Waals surface area contributed by atoms with Crippen molar-refractivity contribution in [2.75, 3.05) is 12.4 Å². The zero-order valence-electron chi connectivity index (χ0n) is 12.6. The SMILES string of the molecule is CNC(C)c1cccc(NC(=O)NCc2cscc2C)c1. The molecule has 4 nitrogen and oxygen atoms in total. The van der Waals surface area contributed by atoms with Crippen LogP contribution in [0.2, 0.25) is 0 Å². The highest BCUT2D eigenvalue weighted by Gasteiger charge is 2.06. The Morgan fingerprint density at radius 3 is 2.81 bits per heavy atom. The van der Waals surface area contributed by atoms with E-state index in [0.29, 0.717) is 6.54 Å². The molecule has 2 rings (SSSR count). The van der Waals surface area contributed by atoms with Crippen molar-refractivity contribution in [3.63, 3.8) is 0 Å². The van der Waals surface area contributed by atoms with Crippen molar-refractivity contribution in [1.82, 2.24) is 10.6 Å². The lowest BCUT2D eigenvalue weighted by Crippen LogP contribution is -2.28. The molecule has 21 heavy (non-hydrogen) atoms. The third-order valence-electron chi connectivity index (χ3n) is 3.48. The predicted molar refractivity (Wildman–Crippen MR) is 88.8 cm³/mol. The third-order valence-corrected chi connectivity index (χ3v) is 4.39. The Kier molecular flexibility index (Phi) is 5.36. The average Bonchev–Trinajstić information content (AvgIpc) is 2.90. The maximum Gasteiger partial charge on any atom is 0.319 e. The van der Waals surface area contributed by atoms with Gasteiger partial charge < -0.3 is 16.0 Å². The summed E-state index contributed by atoms with van der Waals surface area (Å²) in [5, 5.41) is 13.1. The van der Waals surface area contributed by atoms with E-state index < -0.39 is 0 Å². The quantitative estimate of drug-likeness (QED) is 0.789. The van der Waals surface area contributed by atoms with Crippen LogP contribution >= 0.6 is 11.3 Å². The number of carbonyl (C=O) groups excluding carboxylic acids is 1. The van der Waals surface area contributed by atoms with Crippen LogP contribution in [-0.4, -0.2) is 13.1 Å². The van der Waals surface area contributed by atoms with E-state index in [1.54, 1.807) is 11.3 Å². The second-order valence-corrected chi connectivity index (χ2v) is 5.77. The number of hydrogen-bond donors (Lipinski definition) is 3. The molecule has 0 saturated carbocycles. The number of rotatable bonds is 5. The zero-order chi connectivity index (χ0) is 15.2. The van der Waals surface area contributed by atoms with Gasteiger partial charge in [-0.2, -0.15) is 11.3 Å². The van der Waals surface area contributed by atoms with Crippen LogP contribution in [0.1, 0.15) is 29.7 Å². The van der Waals surface area contributed by atoms with Crippen LogP contribution < -0.4 is 16.0 Å². The summed E-state index contributed by atoms with van der Waals surface area (Å²) < 4.78 is 0. The van der Waals surface area contributed by atoms with Gasteiger partial charge in [-0.15, -0.1) is 0 Å². The van der Waals surface area contributed by atoms with Crippen LogP contribution in [0.3, 0.4) is 0 Å². The minimum atomic E-state index is -0.185. The van der Waals surface area contributed by atoms with Gasteiger partial charge in [-0.25, -0.2) is 4.79 Å². The van der Waals surface area contributed by atoms with E-state index in [1.807, 2.05) is 38.2 Å². The first-order chi connectivity index (χ1) is 10.1. The van der Waals surface area contributed by atoms with E-state index in [9.17, 15) is 4.79 Å². The van der Waals surface area contributed by atoms with Gasteiger partial charge in [-0.1, -0.05) is 12.1 Å². The lowest BCUT2D eigenvalue weighted by Gasteiger charge is -2.13. The van der Waals surface area contributed by atoms with Gasteiger partial charge in [0.05, 0.1) is 0 Å². The summed E-state index contributed by atoms with van der Waals surface area (Å²) in [5.74, 6) is 0. The molecule has 0 radical (unpaired) electrons. The van der Waals surface area contributed by atoms with Crippen molar-refractivity contribution >= 4 is 23.1 Å². The number of benzene rings is 1. The second kappa shape index (κ2) is 7.24. The lowest BCUT2D eigenvalue weighted by molar-refractivity contribution is 0.251. The van der Waals surface area contributed by atoms with Crippen molar-refractivity contribution in [2.24, 2.45) is 0 Å². The molecule has 2 aromatic rings. The number of anilines is 1. The predicted octanol–water partition coefficient (Wildman–Crippen LogP) is 3.66. The number of aryl methyl sites for hydroxylation is 1.